The number of carbonyl (C=O) groups excluding carboxylic acids is 1. The Labute approximate surface area is 146 Å². The monoisotopic (exact) mass is 341 g/mol. The predicted molar refractivity (Wildman–Crippen MR) is 95.8 cm³/mol. The molecule has 0 spiro atoms. The summed E-state index contributed by atoms with van der Waals surface area (Å²) in [5, 5.41) is 0. The third-order valence-electron chi connectivity index (χ3n) is 4.78. The van der Waals surface area contributed by atoms with E-state index in [2.05, 4.69) is 30.1 Å². The average molecular weight is 341 g/mol. The van der Waals surface area contributed by atoms with Gasteiger partial charge in [-0.3, -0.25) is 19.1 Å². The van der Waals surface area contributed by atoms with Gasteiger partial charge in [-0.05, 0) is 32.3 Å². The van der Waals surface area contributed by atoms with Crippen LogP contribution in [0.5, 0.6) is 0 Å². The number of aryl methyl sites for hydroxylation is 2. The van der Waals surface area contributed by atoms with Gasteiger partial charge in [-0.2, -0.15) is 0 Å². The van der Waals surface area contributed by atoms with Crippen LogP contribution in [0.15, 0.2) is 40.1 Å². The van der Waals surface area contributed by atoms with Crippen molar-refractivity contribution < 1.29 is 4.79 Å². The van der Waals surface area contributed by atoms with Crippen LogP contribution in [0.1, 0.15) is 35.4 Å². The minimum atomic E-state index is -0.545. The van der Waals surface area contributed by atoms with E-state index in [0.29, 0.717) is 24.6 Å². The topological polar surface area (TPSA) is 75.2 Å². The van der Waals surface area contributed by atoms with Crippen LogP contribution in [-0.2, 0) is 11.3 Å². The van der Waals surface area contributed by atoms with E-state index in [1.165, 1.54) is 21.9 Å². The summed E-state index contributed by atoms with van der Waals surface area (Å²) in [7, 11) is 0. The van der Waals surface area contributed by atoms with Gasteiger partial charge in [0.25, 0.3) is 5.56 Å². The van der Waals surface area contributed by atoms with Crippen molar-refractivity contribution in [1.29, 1.82) is 0 Å². The average Bonchev–Trinajstić information content (AvgIpc) is 2.60. The summed E-state index contributed by atoms with van der Waals surface area (Å²) in [6.07, 6.45) is 3.45. The lowest BCUT2D eigenvalue weighted by molar-refractivity contribution is -0.133. The van der Waals surface area contributed by atoms with Crippen molar-refractivity contribution >= 4 is 5.91 Å². The van der Waals surface area contributed by atoms with Crippen LogP contribution in [0.25, 0.3) is 0 Å². The molecule has 1 aromatic carbocycles. The molecule has 1 aliphatic heterocycles. The van der Waals surface area contributed by atoms with Gasteiger partial charge >= 0.3 is 5.69 Å². The van der Waals surface area contributed by atoms with Crippen molar-refractivity contribution in [3.63, 3.8) is 0 Å². The molecule has 1 fully saturated rings. The second kappa shape index (κ2) is 7.09. The first-order valence-electron chi connectivity index (χ1n) is 8.59. The molecule has 1 aliphatic rings. The summed E-state index contributed by atoms with van der Waals surface area (Å²) in [6.45, 7) is 5.02. The second-order valence-electron chi connectivity index (χ2n) is 6.79. The Kier molecular flexibility index (Phi) is 4.88. The minimum Gasteiger partial charge on any atom is -0.341 e. The zero-order valence-electron chi connectivity index (χ0n) is 14.6. The number of benzene rings is 1. The number of aromatic amines is 1. The predicted octanol–water partition coefficient (Wildman–Crippen LogP) is 1.56. The number of H-pyrrole nitrogens is 1. The summed E-state index contributed by atoms with van der Waals surface area (Å²) >= 11 is 0. The summed E-state index contributed by atoms with van der Waals surface area (Å²) < 4.78 is 1.27. The van der Waals surface area contributed by atoms with Crippen molar-refractivity contribution in [2.45, 2.75) is 39.2 Å². The van der Waals surface area contributed by atoms with Crippen molar-refractivity contribution in [1.82, 2.24) is 14.5 Å². The molecule has 3 rings (SSSR count). The van der Waals surface area contributed by atoms with Crippen LogP contribution >= 0.6 is 0 Å². The smallest absolute Gasteiger partial charge is 0.328 e. The third-order valence-corrected chi connectivity index (χ3v) is 4.78. The van der Waals surface area contributed by atoms with E-state index >= 15 is 0 Å². The van der Waals surface area contributed by atoms with Crippen molar-refractivity contribution in [2.75, 3.05) is 13.1 Å². The Morgan fingerprint density at radius 1 is 1.28 bits per heavy atom. The first-order valence-corrected chi connectivity index (χ1v) is 8.59. The highest BCUT2D eigenvalue weighted by atomic mass is 16.2. The molecule has 0 bridgehead atoms. The molecule has 6 nitrogen and oxygen atoms in total. The maximum absolute atomic E-state index is 12.6. The lowest BCUT2D eigenvalue weighted by atomic mass is 9.90. The molecule has 1 amide bonds. The molecule has 6 heteroatoms. The molecule has 1 atom stereocenters. The number of nitrogens with one attached hydrogen (secondary N) is 1. The fraction of sp³-hybridized carbons (Fsp3) is 0.421. The van der Waals surface area contributed by atoms with Gasteiger partial charge in [0.15, 0.2) is 0 Å². The highest BCUT2D eigenvalue weighted by Gasteiger charge is 2.25. The lowest BCUT2D eigenvalue weighted by Crippen LogP contribution is -2.43. The van der Waals surface area contributed by atoms with Gasteiger partial charge in [0.1, 0.15) is 6.54 Å². The Morgan fingerprint density at radius 3 is 2.84 bits per heavy atom. The molecule has 0 unspecified atom stereocenters. The quantitative estimate of drug-likeness (QED) is 0.920. The molecular weight excluding hydrogens is 318 g/mol. The van der Waals surface area contributed by atoms with Crippen molar-refractivity contribution in [3.8, 4) is 0 Å². The maximum Gasteiger partial charge on any atom is 0.328 e. The first-order chi connectivity index (χ1) is 11.9. The van der Waals surface area contributed by atoms with Crippen LogP contribution in [0, 0.1) is 13.8 Å². The van der Waals surface area contributed by atoms with Crippen LogP contribution in [0.4, 0.5) is 0 Å². The van der Waals surface area contributed by atoms with Gasteiger partial charge in [0, 0.05) is 30.8 Å². The molecule has 0 saturated carbocycles. The van der Waals surface area contributed by atoms with Crippen LogP contribution < -0.4 is 11.2 Å². The molecule has 132 valence electrons. The van der Waals surface area contributed by atoms with Crippen LogP contribution in [0.2, 0.25) is 0 Å². The first kappa shape index (κ1) is 17.2. The lowest BCUT2D eigenvalue weighted by Gasteiger charge is -2.33. The number of piperidine rings is 1. The van der Waals surface area contributed by atoms with E-state index in [1.807, 2.05) is 11.0 Å². The zero-order valence-corrected chi connectivity index (χ0v) is 14.6. The highest BCUT2D eigenvalue weighted by molar-refractivity contribution is 5.76. The summed E-state index contributed by atoms with van der Waals surface area (Å²) in [5.41, 5.74) is 1.94. The summed E-state index contributed by atoms with van der Waals surface area (Å²) in [5.74, 6) is 0.234. The Hall–Kier alpha value is -2.63. The van der Waals surface area contributed by atoms with Gasteiger partial charge in [-0.15, -0.1) is 0 Å². The summed E-state index contributed by atoms with van der Waals surface area (Å²) in [6, 6.07) is 8.41. The Bertz CT molecular complexity index is 897. The van der Waals surface area contributed by atoms with Crippen molar-refractivity contribution in [3.05, 3.63) is 68.0 Å². The standard InChI is InChI=1S/C19H23N3O3/c1-13-5-3-6-15(9-13)16-7-4-8-21(11-16)17(23)12-22-10-14(2)18(24)20-19(22)25/h3,5-6,9-10,16H,4,7-8,11-12H2,1-2H3,(H,20,24,25)/t16-/m0/s1. The Morgan fingerprint density at radius 2 is 2.08 bits per heavy atom. The number of amides is 1. The molecule has 0 aliphatic carbocycles. The van der Waals surface area contributed by atoms with Crippen molar-refractivity contribution in [2.24, 2.45) is 0 Å². The zero-order chi connectivity index (χ0) is 18.0. The number of aromatic nitrogens is 2. The number of carbonyl (C=O) groups is 1. The minimum absolute atomic E-state index is 0.0447. The number of hydrogen-bond donors (Lipinski definition) is 1. The molecule has 2 heterocycles. The number of nitrogens with zero attached hydrogens (tertiary/aromatic N) is 2. The number of rotatable bonds is 3. The molecule has 2 aromatic rings. The van der Waals surface area contributed by atoms with Gasteiger partial charge in [0.2, 0.25) is 5.91 Å². The fourth-order valence-electron chi connectivity index (χ4n) is 3.38. The molecule has 25 heavy (non-hydrogen) atoms. The van der Waals surface area contributed by atoms with E-state index < -0.39 is 11.2 Å². The SMILES string of the molecule is Cc1cccc([C@H]2CCCN(C(=O)Cn3cc(C)c(=O)[nH]c3=O)C2)c1. The maximum atomic E-state index is 12.6. The largest absolute Gasteiger partial charge is 0.341 e. The normalized spacial score (nSPS) is 17.5. The third kappa shape index (κ3) is 3.90. The van der Waals surface area contributed by atoms with Gasteiger partial charge < -0.3 is 4.90 Å². The van der Waals surface area contributed by atoms with E-state index in [9.17, 15) is 14.4 Å². The van der Waals surface area contributed by atoms with E-state index in [0.717, 1.165) is 12.8 Å². The van der Waals surface area contributed by atoms with E-state index in [4.69, 9.17) is 0 Å². The Balaban J connectivity index is 1.73. The van der Waals surface area contributed by atoms with Gasteiger partial charge in [-0.25, -0.2) is 4.79 Å². The molecule has 1 aromatic heterocycles. The van der Waals surface area contributed by atoms with Crippen LogP contribution in [0.3, 0.4) is 0 Å². The van der Waals surface area contributed by atoms with Crippen LogP contribution in [-0.4, -0.2) is 33.4 Å². The summed E-state index contributed by atoms with van der Waals surface area (Å²) in [4.78, 5) is 40.0. The second-order valence-corrected chi connectivity index (χ2v) is 6.79. The van der Waals surface area contributed by atoms with E-state index in [-0.39, 0.29) is 12.5 Å². The number of hydrogen-bond acceptors (Lipinski definition) is 3. The van der Waals surface area contributed by atoms with E-state index in [1.54, 1.807) is 6.92 Å². The van der Waals surface area contributed by atoms with Gasteiger partial charge in [-0.1, -0.05) is 29.8 Å². The molecule has 1 N–H and O–H groups in total. The van der Waals surface area contributed by atoms with Gasteiger partial charge in [0.05, 0.1) is 0 Å². The fourth-order valence-corrected chi connectivity index (χ4v) is 3.38. The molecule has 1 saturated heterocycles. The highest BCUT2D eigenvalue weighted by Crippen LogP contribution is 2.27. The number of likely N-dealkylation sites (tertiary alicyclic amines) is 1. The molecule has 0 radical (unpaired) electrons. The molecular formula is C19H23N3O3.